The van der Waals surface area contributed by atoms with Crippen LogP contribution in [-0.4, -0.2) is 54.9 Å². The maximum atomic E-state index is 10.00. The lowest BCUT2D eigenvalue weighted by atomic mass is 10.1. The normalized spacial score (nSPS) is 19.8. The van der Waals surface area contributed by atoms with Gasteiger partial charge in [-0.05, 0) is 25.7 Å². The molecule has 2 aromatic heterocycles. The monoisotopic (exact) mass is 347 g/mol. The summed E-state index contributed by atoms with van der Waals surface area (Å²) in [6.45, 7) is 10.9. The van der Waals surface area contributed by atoms with Crippen molar-refractivity contribution in [2.45, 2.75) is 65.8 Å². The van der Waals surface area contributed by atoms with Crippen molar-refractivity contribution >= 4 is 11.2 Å². The topological polar surface area (TPSA) is 76.3 Å². The summed E-state index contributed by atoms with van der Waals surface area (Å²) in [6, 6.07) is 0. The Labute approximate surface area is 149 Å². The molecule has 2 atom stereocenters. The first kappa shape index (κ1) is 18.1. The van der Waals surface area contributed by atoms with Crippen LogP contribution >= 0.6 is 0 Å². The second-order valence-electron chi connectivity index (χ2n) is 7.13. The highest BCUT2D eigenvalue weighted by molar-refractivity contribution is 5.76. The first-order valence-corrected chi connectivity index (χ1v) is 9.32. The minimum Gasteiger partial charge on any atom is -0.471 e. The van der Waals surface area contributed by atoms with Crippen LogP contribution in [0.5, 0.6) is 5.88 Å². The van der Waals surface area contributed by atoms with Gasteiger partial charge in [-0.25, -0.2) is 9.97 Å². The Balaban J connectivity index is 1.84. The van der Waals surface area contributed by atoms with Crippen LogP contribution in [0.15, 0.2) is 6.33 Å². The van der Waals surface area contributed by atoms with E-state index in [1.54, 1.807) is 6.33 Å². The number of rotatable bonds is 7. The van der Waals surface area contributed by atoms with E-state index in [4.69, 9.17) is 9.72 Å². The largest absolute Gasteiger partial charge is 0.471 e. The number of hydrogen-bond donors (Lipinski definition) is 1. The number of ether oxygens (including phenoxy) is 1. The van der Waals surface area contributed by atoms with Gasteiger partial charge >= 0.3 is 0 Å². The van der Waals surface area contributed by atoms with Crippen molar-refractivity contribution in [2.24, 2.45) is 5.92 Å². The third-order valence-corrected chi connectivity index (χ3v) is 4.73. The number of aliphatic hydroxyl groups is 1. The summed E-state index contributed by atoms with van der Waals surface area (Å²) < 4.78 is 8.30. The standard InChI is InChI=1S/C18H29N5O2/c1-5-15(24)22-8-7-13(10-22)25-18-16-17(19-11-20-18)23(6-2)14(21-16)9-12(3)4/h11-13,15,24H,5-10H2,1-4H3/t13-,15?/m0/s1. The second kappa shape index (κ2) is 7.66. The van der Waals surface area contributed by atoms with Crippen LogP contribution in [0, 0.1) is 5.92 Å². The molecule has 0 spiro atoms. The maximum absolute atomic E-state index is 10.00. The van der Waals surface area contributed by atoms with Crippen LogP contribution < -0.4 is 4.74 Å². The molecule has 0 aromatic carbocycles. The number of likely N-dealkylation sites (tertiary alicyclic amines) is 1. The molecule has 1 unspecified atom stereocenters. The molecule has 7 nitrogen and oxygen atoms in total. The fourth-order valence-electron chi connectivity index (χ4n) is 3.44. The third-order valence-electron chi connectivity index (χ3n) is 4.73. The summed E-state index contributed by atoms with van der Waals surface area (Å²) in [5, 5.41) is 10.00. The quantitative estimate of drug-likeness (QED) is 0.828. The lowest BCUT2D eigenvalue weighted by molar-refractivity contribution is 0.0111. The highest BCUT2D eigenvalue weighted by atomic mass is 16.5. The average Bonchev–Trinajstić information content (AvgIpc) is 3.18. The molecule has 1 aliphatic rings. The Morgan fingerprint density at radius 3 is 2.80 bits per heavy atom. The molecule has 3 rings (SSSR count). The highest BCUT2D eigenvalue weighted by Crippen LogP contribution is 2.26. The maximum Gasteiger partial charge on any atom is 0.245 e. The molecular weight excluding hydrogens is 318 g/mol. The number of hydrogen-bond acceptors (Lipinski definition) is 6. The van der Waals surface area contributed by atoms with Crippen molar-refractivity contribution in [2.75, 3.05) is 13.1 Å². The first-order chi connectivity index (χ1) is 12.0. The van der Waals surface area contributed by atoms with Crippen LogP contribution in [0.2, 0.25) is 0 Å². The van der Waals surface area contributed by atoms with Crippen molar-refractivity contribution in [3.8, 4) is 5.88 Å². The van der Waals surface area contributed by atoms with E-state index in [0.717, 1.165) is 49.3 Å². The number of nitrogens with zero attached hydrogens (tertiary/aromatic N) is 5. The van der Waals surface area contributed by atoms with Gasteiger partial charge in [0.25, 0.3) is 0 Å². The number of aryl methyl sites for hydroxylation is 1. The van der Waals surface area contributed by atoms with E-state index >= 15 is 0 Å². The van der Waals surface area contributed by atoms with Gasteiger partial charge < -0.3 is 14.4 Å². The molecule has 0 amide bonds. The van der Waals surface area contributed by atoms with Gasteiger partial charge in [-0.3, -0.25) is 4.90 Å². The Morgan fingerprint density at radius 1 is 1.32 bits per heavy atom. The fourth-order valence-corrected chi connectivity index (χ4v) is 3.44. The number of fused-ring (bicyclic) bond motifs is 1. The van der Waals surface area contributed by atoms with Crippen LogP contribution in [0.25, 0.3) is 11.2 Å². The van der Waals surface area contributed by atoms with Gasteiger partial charge in [0.2, 0.25) is 5.88 Å². The number of aromatic nitrogens is 4. The number of imidazole rings is 1. The third kappa shape index (κ3) is 3.77. The zero-order chi connectivity index (χ0) is 18.0. The molecule has 0 saturated carbocycles. The van der Waals surface area contributed by atoms with E-state index in [1.807, 2.05) is 6.92 Å². The summed E-state index contributed by atoms with van der Waals surface area (Å²) in [7, 11) is 0. The minimum atomic E-state index is -0.393. The van der Waals surface area contributed by atoms with E-state index in [-0.39, 0.29) is 6.10 Å². The van der Waals surface area contributed by atoms with Gasteiger partial charge in [-0.2, -0.15) is 4.98 Å². The summed E-state index contributed by atoms with van der Waals surface area (Å²) >= 11 is 0. The molecule has 1 N–H and O–H groups in total. The van der Waals surface area contributed by atoms with Crippen LogP contribution in [0.3, 0.4) is 0 Å². The van der Waals surface area contributed by atoms with E-state index in [2.05, 4.69) is 40.2 Å². The molecule has 138 valence electrons. The van der Waals surface area contributed by atoms with E-state index in [0.29, 0.717) is 18.3 Å². The van der Waals surface area contributed by atoms with Gasteiger partial charge in [-0.1, -0.05) is 20.8 Å². The van der Waals surface area contributed by atoms with Crippen molar-refractivity contribution in [3.05, 3.63) is 12.2 Å². The van der Waals surface area contributed by atoms with E-state index in [1.165, 1.54) is 0 Å². The van der Waals surface area contributed by atoms with Crippen molar-refractivity contribution in [1.29, 1.82) is 0 Å². The first-order valence-electron chi connectivity index (χ1n) is 9.32. The molecule has 1 fully saturated rings. The predicted molar refractivity (Wildman–Crippen MR) is 96.4 cm³/mol. The van der Waals surface area contributed by atoms with Gasteiger partial charge in [0.05, 0.1) is 0 Å². The summed E-state index contributed by atoms with van der Waals surface area (Å²) in [5.74, 6) is 2.12. The fraction of sp³-hybridized carbons (Fsp3) is 0.722. The lowest BCUT2D eigenvalue weighted by Gasteiger charge is -2.21. The van der Waals surface area contributed by atoms with E-state index in [9.17, 15) is 5.11 Å². The summed E-state index contributed by atoms with van der Waals surface area (Å²) in [6.07, 6.45) is 3.71. The summed E-state index contributed by atoms with van der Waals surface area (Å²) in [5.41, 5.74) is 1.58. The average molecular weight is 347 g/mol. The Morgan fingerprint density at radius 2 is 2.12 bits per heavy atom. The molecular formula is C18H29N5O2. The predicted octanol–water partition coefficient (Wildman–Crippen LogP) is 2.23. The molecule has 1 saturated heterocycles. The molecule has 7 heteroatoms. The van der Waals surface area contributed by atoms with Gasteiger partial charge in [0.1, 0.15) is 24.5 Å². The molecule has 0 radical (unpaired) electrons. The molecule has 25 heavy (non-hydrogen) atoms. The smallest absolute Gasteiger partial charge is 0.245 e. The SMILES string of the molecule is CCC(O)N1CC[C@H](Oc2ncnc3c2nc(CC(C)C)n3CC)C1. The minimum absolute atomic E-state index is 0.0274. The molecule has 0 bridgehead atoms. The number of aliphatic hydroxyl groups excluding tert-OH is 1. The molecule has 3 heterocycles. The van der Waals surface area contributed by atoms with Crippen molar-refractivity contribution in [3.63, 3.8) is 0 Å². The van der Waals surface area contributed by atoms with Crippen LogP contribution in [0.1, 0.15) is 46.4 Å². The molecule has 2 aromatic rings. The van der Waals surface area contributed by atoms with E-state index < -0.39 is 6.23 Å². The van der Waals surface area contributed by atoms with Crippen molar-refractivity contribution in [1.82, 2.24) is 24.4 Å². The lowest BCUT2D eigenvalue weighted by Crippen LogP contribution is -2.34. The van der Waals surface area contributed by atoms with Gasteiger partial charge in [0.15, 0.2) is 11.2 Å². The van der Waals surface area contributed by atoms with Gasteiger partial charge in [0, 0.05) is 26.1 Å². The molecule has 1 aliphatic heterocycles. The van der Waals surface area contributed by atoms with Crippen LogP contribution in [0.4, 0.5) is 0 Å². The Bertz CT molecular complexity index is 715. The Kier molecular flexibility index (Phi) is 5.54. The highest BCUT2D eigenvalue weighted by Gasteiger charge is 2.29. The zero-order valence-electron chi connectivity index (χ0n) is 15.6. The van der Waals surface area contributed by atoms with Gasteiger partial charge in [-0.15, -0.1) is 0 Å². The summed E-state index contributed by atoms with van der Waals surface area (Å²) in [4.78, 5) is 15.6. The zero-order valence-corrected chi connectivity index (χ0v) is 15.6. The Hall–Kier alpha value is -1.73. The second-order valence-corrected chi connectivity index (χ2v) is 7.13. The van der Waals surface area contributed by atoms with Crippen LogP contribution in [-0.2, 0) is 13.0 Å². The van der Waals surface area contributed by atoms with Crippen molar-refractivity contribution < 1.29 is 9.84 Å². The molecule has 0 aliphatic carbocycles.